The molecule has 0 bridgehead atoms. The first-order valence-corrected chi connectivity index (χ1v) is 3.63. The second-order valence-corrected chi connectivity index (χ2v) is 2.81. The minimum absolute atomic E-state index is 0.137. The van der Waals surface area contributed by atoms with Crippen LogP contribution in [-0.4, -0.2) is 35.6 Å². The summed E-state index contributed by atoms with van der Waals surface area (Å²) in [5.74, 6) is 0. The molecule has 2 N–H and O–H groups in total. The van der Waals surface area contributed by atoms with Gasteiger partial charge in [-0.2, -0.15) is 0 Å². The highest BCUT2D eigenvalue weighted by Gasteiger charge is 2.26. The van der Waals surface area contributed by atoms with Gasteiger partial charge < -0.3 is 14.9 Å². The summed E-state index contributed by atoms with van der Waals surface area (Å²) in [5, 5.41) is 18.2. The number of rotatable bonds is 1. The molecule has 0 saturated heterocycles. The zero-order valence-corrected chi connectivity index (χ0v) is 6.16. The van der Waals surface area contributed by atoms with Crippen LogP contribution in [0.5, 0.6) is 0 Å². The second-order valence-electron chi connectivity index (χ2n) is 2.81. The lowest BCUT2D eigenvalue weighted by molar-refractivity contribution is -0.0611. The number of aliphatic hydroxyl groups excluding tert-OH is 2. The van der Waals surface area contributed by atoms with Crippen LogP contribution in [0.15, 0.2) is 0 Å². The Morgan fingerprint density at radius 1 is 1.20 bits per heavy atom. The van der Waals surface area contributed by atoms with E-state index in [9.17, 15) is 0 Å². The van der Waals surface area contributed by atoms with E-state index in [-0.39, 0.29) is 6.10 Å². The number of aliphatic hydroxyl groups is 2. The number of hydrogen-bond donors (Lipinski definition) is 2. The van der Waals surface area contributed by atoms with Crippen LogP contribution in [0.2, 0.25) is 0 Å². The molecule has 0 aliphatic heterocycles. The monoisotopic (exact) mass is 146 g/mol. The summed E-state index contributed by atoms with van der Waals surface area (Å²) in [6.45, 7) is 0. The molecule has 0 aromatic carbocycles. The van der Waals surface area contributed by atoms with Crippen molar-refractivity contribution < 1.29 is 14.9 Å². The molecule has 1 aliphatic carbocycles. The fourth-order valence-corrected chi connectivity index (χ4v) is 1.31. The lowest BCUT2D eigenvalue weighted by Crippen LogP contribution is -2.36. The third-order valence-electron chi connectivity index (χ3n) is 2.07. The van der Waals surface area contributed by atoms with E-state index in [0.29, 0.717) is 12.8 Å². The minimum atomic E-state index is -0.585. The van der Waals surface area contributed by atoms with Crippen LogP contribution >= 0.6 is 0 Å². The van der Waals surface area contributed by atoms with E-state index in [2.05, 4.69) is 0 Å². The highest BCUT2D eigenvalue weighted by molar-refractivity contribution is 4.79. The first kappa shape index (κ1) is 7.98. The van der Waals surface area contributed by atoms with Gasteiger partial charge in [-0.05, 0) is 12.8 Å². The van der Waals surface area contributed by atoms with Crippen molar-refractivity contribution in [1.82, 2.24) is 0 Å². The molecule has 0 heterocycles. The van der Waals surface area contributed by atoms with Crippen molar-refractivity contribution in [2.24, 2.45) is 0 Å². The molecule has 10 heavy (non-hydrogen) atoms. The molecule has 1 aliphatic rings. The van der Waals surface area contributed by atoms with Crippen molar-refractivity contribution in [3.63, 3.8) is 0 Å². The Hall–Kier alpha value is -0.120. The molecule has 3 atom stereocenters. The molecule has 0 spiro atoms. The van der Waals surface area contributed by atoms with Gasteiger partial charge in [0.2, 0.25) is 0 Å². The SMILES string of the molecule is COC1CCC(O)C(O)C1. The lowest BCUT2D eigenvalue weighted by Gasteiger charge is -2.28. The van der Waals surface area contributed by atoms with Crippen LogP contribution in [0.3, 0.4) is 0 Å². The summed E-state index contributed by atoms with van der Waals surface area (Å²) >= 11 is 0. The van der Waals surface area contributed by atoms with E-state index in [1.165, 1.54) is 0 Å². The average Bonchev–Trinajstić information content (AvgIpc) is 1.95. The van der Waals surface area contributed by atoms with Gasteiger partial charge in [0.25, 0.3) is 0 Å². The van der Waals surface area contributed by atoms with Crippen LogP contribution in [-0.2, 0) is 4.74 Å². The van der Waals surface area contributed by atoms with Crippen molar-refractivity contribution in [3.8, 4) is 0 Å². The Kier molecular flexibility index (Phi) is 2.65. The topological polar surface area (TPSA) is 49.7 Å². The van der Waals surface area contributed by atoms with Gasteiger partial charge in [0.05, 0.1) is 18.3 Å². The zero-order chi connectivity index (χ0) is 7.56. The molecular weight excluding hydrogens is 132 g/mol. The van der Waals surface area contributed by atoms with E-state index >= 15 is 0 Å². The van der Waals surface area contributed by atoms with Crippen molar-refractivity contribution in [1.29, 1.82) is 0 Å². The Morgan fingerprint density at radius 3 is 2.40 bits per heavy atom. The van der Waals surface area contributed by atoms with Gasteiger partial charge in [0.15, 0.2) is 0 Å². The summed E-state index contributed by atoms with van der Waals surface area (Å²) in [7, 11) is 1.63. The van der Waals surface area contributed by atoms with Crippen LogP contribution in [0.25, 0.3) is 0 Å². The Balaban J connectivity index is 2.33. The van der Waals surface area contributed by atoms with Crippen LogP contribution in [0, 0.1) is 0 Å². The van der Waals surface area contributed by atoms with E-state index < -0.39 is 12.2 Å². The maximum absolute atomic E-state index is 9.15. The predicted molar refractivity (Wildman–Crippen MR) is 36.7 cm³/mol. The number of ether oxygens (including phenoxy) is 1. The highest BCUT2D eigenvalue weighted by atomic mass is 16.5. The Labute approximate surface area is 60.6 Å². The van der Waals surface area contributed by atoms with Crippen molar-refractivity contribution in [3.05, 3.63) is 0 Å². The summed E-state index contributed by atoms with van der Waals surface area (Å²) < 4.78 is 5.04. The molecular formula is C7H14O3. The zero-order valence-electron chi connectivity index (χ0n) is 6.16. The number of hydrogen-bond acceptors (Lipinski definition) is 3. The van der Waals surface area contributed by atoms with Gasteiger partial charge in [-0.25, -0.2) is 0 Å². The summed E-state index contributed by atoms with van der Waals surface area (Å²) in [6, 6.07) is 0. The fraction of sp³-hybridized carbons (Fsp3) is 1.00. The summed E-state index contributed by atoms with van der Waals surface area (Å²) in [6.07, 6.45) is 1.09. The highest BCUT2D eigenvalue weighted by Crippen LogP contribution is 2.20. The molecule has 0 aromatic rings. The van der Waals surface area contributed by atoms with Crippen molar-refractivity contribution in [2.75, 3.05) is 7.11 Å². The average molecular weight is 146 g/mol. The third kappa shape index (κ3) is 1.68. The van der Waals surface area contributed by atoms with Crippen LogP contribution in [0.4, 0.5) is 0 Å². The maximum atomic E-state index is 9.15. The van der Waals surface area contributed by atoms with Crippen LogP contribution in [0.1, 0.15) is 19.3 Å². The first-order chi connectivity index (χ1) is 4.74. The van der Waals surface area contributed by atoms with Gasteiger partial charge >= 0.3 is 0 Å². The lowest BCUT2D eigenvalue weighted by atomic mass is 9.92. The van der Waals surface area contributed by atoms with Gasteiger partial charge in [-0.1, -0.05) is 0 Å². The van der Waals surface area contributed by atoms with E-state index in [0.717, 1.165) is 6.42 Å². The minimum Gasteiger partial charge on any atom is -0.390 e. The van der Waals surface area contributed by atoms with Gasteiger partial charge in [-0.3, -0.25) is 0 Å². The van der Waals surface area contributed by atoms with E-state index in [1.54, 1.807) is 7.11 Å². The van der Waals surface area contributed by atoms with Gasteiger partial charge in [0.1, 0.15) is 0 Å². The fourth-order valence-electron chi connectivity index (χ4n) is 1.31. The molecule has 3 heteroatoms. The normalized spacial score (nSPS) is 41.7. The first-order valence-electron chi connectivity index (χ1n) is 3.63. The molecule has 0 amide bonds. The van der Waals surface area contributed by atoms with Crippen molar-refractivity contribution >= 4 is 0 Å². The van der Waals surface area contributed by atoms with E-state index in [4.69, 9.17) is 14.9 Å². The third-order valence-corrected chi connectivity index (χ3v) is 2.07. The molecule has 3 nitrogen and oxygen atoms in total. The van der Waals surface area contributed by atoms with Gasteiger partial charge in [-0.15, -0.1) is 0 Å². The standard InChI is InChI=1S/C7H14O3/c1-10-5-2-3-6(8)7(9)4-5/h5-9H,2-4H2,1H3. The Bertz CT molecular complexity index is 105. The molecule has 0 radical (unpaired) electrons. The quantitative estimate of drug-likeness (QED) is 0.543. The molecule has 1 rings (SSSR count). The number of methoxy groups -OCH3 is 1. The van der Waals surface area contributed by atoms with Crippen molar-refractivity contribution in [2.45, 2.75) is 37.6 Å². The maximum Gasteiger partial charge on any atom is 0.0823 e. The Morgan fingerprint density at radius 2 is 1.90 bits per heavy atom. The smallest absolute Gasteiger partial charge is 0.0823 e. The largest absolute Gasteiger partial charge is 0.390 e. The summed E-state index contributed by atoms with van der Waals surface area (Å²) in [4.78, 5) is 0. The van der Waals surface area contributed by atoms with Crippen LogP contribution < -0.4 is 0 Å². The molecule has 0 aromatic heterocycles. The van der Waals surface area contributed by atoms with Gasteiger partial charge in [0, 0.05) is 13.5 Å². The molecule has 1 fully saturated rings. The molecule has 1 saturated carbocycles. The summed E-state index contributed by atoms with van der Waals surface area (Å²) in [5.41, 5.74) is 0. The molecule has 3 unspecified atom stereocenters. The predicted octanol–water partition coefficient (Wildman–Crippen LogP) is -0.0929. The molecule has 60 valence electrons. The van der Waals surface area contributed by atoms with E-state index in [1.807, 2.05) is 0 Å². The second kappa shape index (κ2) is 3.32.